The molecule has 0 radical (unpaired) electrons. The number of carbonyl (C=O) groups excluding carboxylic acids is 3. The minimum absolute atomic E-state index is 0.162. The van der Waals surface area contributed by atoms with Crippen LogP contribution in [0.15, 0.2) is 33.9 Å². The van der Waals surface area contributed by atoms with Crippen molar-refractivity contribution in [3.63, 3.8) is 0 Å². The molecule has 180 valence electrons. The Bertz CT molecular complexity index is 1280. The number of fused-ring (bicyclic) bond motifs is 2. The number of unbranched alkanes of at least 4 members (excludes halogenated alkanes) is 1. The highest BCUT2D eigenvalue weighted by Crippen LogP contribution is 2.40. The molecule has 4 rings (SSSR count). The number of benzene rings is 1. The molecule has 2 aliphatic rings. The molecule has 12 nitrogen and oxygen atoms in total. The lowest BCUT2D eigenvalue weighted by molar-refractivity contribution is -0.135. The van der Waals surface area contributed by atoms with Gasteiger partial charge in [0.25, 0.3) is 11.5 Å². The van der Waals surface area contributed by atoms with Crippen LogP contribution in [0.2, 0.25) is 0 Å². The van der Waals surface area contributed by atoms with Crippen molar-refractivity contribution in [2.45, 2.75) is 38.3 Å². The fourth-order valence-corrected chi connectivity index (χ4v) is 4.32. The van der Waals surface area contributed by atoms with E-state index < -0.39 is 41.2 Å². The van der Waals surface area contributed by atoms with Gasteiger partial charge in [-0.25, -0.2) is 9.59 Å². The molecular weight excluding hydrogens is 444 g/mol. The predicted molar refractivity (Wildman–Crippen MR) is 123 cm³/mol. The predicted octanol–water partition coefficient (Wildman–Crippen LogP) is 0.112. The summed E-state index contributed by atoms with van der Waals surface area (Å²) in [4.78, 5) is 67.8. The zero-order chi connectivity index (χ0) is 24.6. The maximum absolute atomic E-state index is 13.4. The summed E-state index contributed by atoms with van der Waals surface area (Å²) in [6.07, 6.45) is 1.64. The summed E-state index contributed by atoms with van der Waals surface area (Å²) in [5, 5.41) is 2.72. The lowest BCUT2D eigenvalue weighted by atomic mass is 9.84. The number of hydrogen-bond acceptors (Lipinski definition) is 7. The summed E-state index contributed by atoms with van der Waals surface area (Å²) in [6, 6.07) is 6.18. The van der Waals surface area contributed by atoms with Crippen LogP contribution in [0.1, 0.15) is 31.7 Å². The summed E-state index contributed by atoms with van der Waals surface area (Å²) >= 11 is 0. The van der Waals surface area contributed by atoms with Gasteiger partial charge in [-0.15, -0.1) is 0 Å². The molecule has 4 N–H and O–H groups in total. The Labute approximate surface area is 194 Å². The average molecular weight is 470 g/mol. The average Bonchev–Trinajstić information content (AvgIpc) is 3.03. The third kappa shape index (κ3) is 3.60. The summed E-state index contributed by atoms with van der Waals surface area (Å²) in [7, 11) is 1.30. The monoisotopic (exact) mass is 470 g/mol. The number of carbonyl (C=O) groups is 3. The van der Waals surface area contributed by atoms with E-state index in [1.165, 1.54) is 11.6 Å². The molecule has 1 spiro atoms. The van der Waals surface area contributed by atoms with Gasteiger partial charge in [0.1, 0.15) is 18.1 Å². The van der Waals surface area contributed by atoms with E-state index in [-0.39, 0.29) is 31.1 Å². The molecule has 1 atom stereocenters. The van der Waals surface area contributed by atoms with E-state index in [0.29, 0.717) is 17.7 Å². The number of imide groups is 1. The smallest absolute Gasteiger partial charge is 0.330 e. The van der Waals surface area contributed by atoms with E-state index in [9.17, 15) is 24.0 Å². The highest BCUT2D eigenvalue weighted by molar-refractivity contribution is 6.11. The van der Waals surface area contributed by atoms with Crippen molar-refractivity contribution >= 4 is 29.4 Å². The van der Waals surface area contributed by atoms with Gasteiger partial charge in [-0.2, -0.15) is 0 Å². The zero-order valence-electron chi connectivity index (χ0n) is 18.9. The Hall–Kier alpha value is -4.09. The van der Waals surface area contributed by atoms with Gasteiger partial charge in [0.2, 0.25) is 5.91 Å². The molecule has 12 heteroatoms. The van der Waals surface area contributed by atoms with Crippen LogP contribution in [0.5, 0.6) is 5.75 Å². The Balaban J connectivity index is 1.61. The largest absolute Gasteiger partial charge is 0.493 e. The number of nitrogens with two attached hydrogens (primary N) is 1. The zero-order valence-corrected chi connectivity index (χ0v) is 18.9. The number of amides is 4. The van der Waals surface area contributed by atoms with Crippen molar-refractivity contribution in [2.24, 2.45) is 0 Å². The van der Waals surface area contributed by atoms with Gasteiger partial charge in [-0.1, -0.05) is 31.5 Å². The maximum atomic E-state index is 13.4. The second-order valence-corrected chi connectivity index (χ2v) is 8.27. The molecule has 1 fully saturated rings. The first-order valence-corrected chi connectivity index (χ1v) is 11.0. The number of aromatic nitrogens is 2. The van der Waals surface area contributed by atoms with Crippen LogP contribution in [0, 0.1) is 0 Å². The van der Waals surface area contributed by atoms with Gasteiger partial charge in [0, 0.05) is 25.6 Å². The van der Waals surface area contributed by atoms with Crippen LogP contribution in [0.3, 0.4) is 0 Å². The minimum Gasteiger partial charge on any atom is -0.493 e. The molecule has 0 unspecified atom stereocenters. The van der Waals surface area contributed by atoms with Crippen LogP contribution in [-0.2, 0) is 21.7 Å². The van der Waals surface area contributed by atoms with E-state index in [4.69, 9.17) is 10.5 Å². The van der Waals surface area contributed by atoms with Gasteiger partial charge in [-0.3, -0.25) is 28.8 Å². The summed E-state index contributed by atoms with van der Waals surface area (Å²) < 4.78 is 6.79. The Morgan fingerprint density at radius 1 is 1.24 bits per heavy atom. The number of anilines is 2. The van der Waals surface area contributed by atoms with Crippen molar-refractivity contribution in [1.29, 1.82) is 0 Å². The van der Waals surface area contributed by atoms with Crippen molar-refractivity contribution in [1.82, 2.24) is 19.8 Å². The van der Waals surface area contributed by atoms with Gasteiger partial charge in [-0.05, 0) is 12.5 Å². The number of H-pyrrole nitrogens is 1. The Morgan fingerprint density at radius 3 is 2.71 bits per heavy atom. The molecule has 1 aromatic carbocycles. The van der Waals surface area contributed by atoms with E-state index in [1.807, 2.05) is 6.92 Å². The van der Waals surface area contributed by atoms with E-state index in [0.717, 1.165) is 16.2 Å². The molecule has 2 aliphatic heterocycles. The summed E-state index contributed by atoms with van der Waals surface area (Å²) in [6.45, 7) is 1.81. The van der Waals surface area contributed by atoms with Gasteiger partial charge in [0.05, 0.1) is 6.61 Å². The van der Waals surface area contributed by atoms with Crippen LogP contribution in [0.4, 0.5) is 16.3 Å². The SMILES string of the molecule is CCCCn1c(N)c(N(C)C(=O)CN2C(=O)N[C@@]3(CCOc4ccccc43)C2=O)c(=O)[nH]c1=O. The first-order chi connectivity index (χ1) is 16.2. The lowest BCUT2D eigenvalue weighted by Gasteiger charge is -2.33. The first-order valence-electron chi connectivity index (χ1n) is 11.0. The second-order valence-electron chi connectivity index (χ2n) is 8.27. The van der Waals surface area contributed by atoms with Crippen LogP contribution < -0.4 is 31.9 Å². The molecule has 0 bridgehead atoms. The standard InChI is InChI=1S/C22H26N6O6/c1-3-4-10-27-17(23)16(18(30)24-20(27)32)26(2)15(29)12-28-19(31)22(25-21(28)33)9-11-34-14-8-6-5-7-13(14)22/h5-8H,3-4,9-12,23H2,1-2H3,(H,25,33)(H,24,30,32)/t22-/m1/s1. The molecular formula is C22H26N6O6. The van der Waals surface area contributed by atoms with Crippen molar-refractivity contribution < 1.29 is 19.1 Å². The molecule has 1 aromatic heterocycles. The number of aromatic amines is 1. The van der Waals surface area contributed by atoms with Gasteiger partial charge in [0.15, 0.2) is 11.2 Å². The number of likely N-dealkylation sites (N-methyl/N-ethyl adjacent to an activating group) is 1. The number of ether oxygens (including phenoxy) is 1. The molecule has 0 aliphatic carbocycles. The minimum atomic E-state index is -1.32. The fourth-order valence-electron chi connectivity index (χ4n) is 4.32. The highest BCUT2D eigenvalue weighted by atomic mass is 16.5. The lowest BCUT2D eigenvalue weighted by Crippen LogP contribution is -2.48. The molecule has 2 aromatic rings. The van der Waals surface area contributed by atoms with Crippen molar-refractivity contribution in [3.05, 3.63) is 50.7 Å². The number of para-hydroxylation sites is 1. The topological polar surface area (TPSA) is 160 Å². The molecule has 34 heavy (non-hydrogen) atoms. The quantitative estimate of drug-likeness (QED) is 0.505. The number of nitrogens with zero attached hydrogens (tertiary/aromatic N) is 3. The maximum Gasteiger partial charge on any atom is 0.330 e. The number of hydrogen-bond donors (Lipinski definition) is 3. The molecule has 0 saturated carbocycles. The highest BCUT2D eigenvalue weighted by Gasteiger charge is 2.55. The van der Waals surface area contributed by atoms with Crippen LogP contribution >= 0.6 is 0 Å². The van der Waals surface area contributed by atoms with Crippen LogP contribution in [0.25, 0.3) is 0 Å². The fraction of sp³-hybridized carbons (Fsp3) is 0.409. The first kappa shape index (κ1) is 23.1. The molecule has 4 amide bonds. The van der Waals surface area contributed by atoms with E-state index in [1.54, 1.807) is 24.3 Å². The van der Waals surface area contributed by atoms with Crippen molar-refractivity contribution in [3.8, 4) is 5.75 Å². The van der Waals surface area contributed by atoms with E-state index >= 15 is 0 Å². The summed E-state index contributed by atoms with van der Waals surface area (Å²) in [5.41, 5.74) is 3.53. The third-order valence-corrected chi connectivity index (χ3v) is 6.21. The Kier molecular flexibility index (Phi) is 5.90. The summed E-state index contributed by atoms with van der Waals surface area (Å²) in [5.74, 6) is -0.977. The molecule has 1 saturated heterocycles. The van der Waals surface area contributed by atoms with E-state index in [2.05, 4.69) is 10.3 Å². The van der Waals surface area contributed by atoms with Gasteiger partial charge >= 0.3 is 11.7 Å². The normalized spacial score (nSPS) is 19.1. The van der Waals surface area contributed by atoms with Gasteiger partial charge < -0.3 is 20.7 Å². The number of nitrogens with one attached hydrogen (secondary N) is 2. The number of rotatable bonds is 6. The second kappa shape index (κ2) is 8.69. The Morgan fingerprint density at radius 2 is 1.97 bits per heavy atom. The third-order valence-electron chi connectivity index (χ3n) is 6.21. The van der Waals surface area contributed by atoms with Crippen molar-refractivity contribution in [2.75, 3.05) is 30.8 Å². The number of urea groups is 1. The molecule has 3 heterocycles. The van der Waals surface area contributed by atoms with Crippen LogP contribution in [-0.4, -0.2) is 52.5 Å². The number of nitrogen functional groups attached to an aromatic ring is 1.